The van der Waals surface area contributed by atoms with E-state index in [1.807, 2.05) is 45.0 Å². The first kappa shape index (κ1) is 25.4. The first-order chi connectivity index (χ1) is 13.6. The number of hydrogen-bond donors (Lipinski definition) is 0. The van der Waals surface area contributed by atoms with E-state index in [0.717, 1.165) is 32.3 Å². The molecule has 0 radical (unpaired) electrons. The summed E-state index contributed by atoms with van der Waals surface area (Å²) in [4.78, 5) is 25.4. The first-order valence-corrected chi connectivity index (χ1v) is 11.0. The molecule has 164 valence electrons. The van der Waals surface area contributed by atoms with Gasteiger partial charge in [-0.3, -0.25) is 9.59 Å². The minimum Gasteiger partial charge on any atom is -0.460 e. The molecular weight excluding hydrogens is 364 g/mol. The fourth-order valence-electron chi connectivity index (χ4n) is 3.20. The van der Waals surface area contributed by atoms with Crippen molar-refractivity contribution < 1.29 is 19.1 Å². The summed E-state index contributed by atoms with van der Waals surface area (Å²) in [6, 6.07) is 7.82. The summed E-state index contributed by atoms with van der Waals surface area (Å²) in [6.45, 7) is 13.4. The fraction of sp³-hybridized carbons (Fsp3) is 0.680. The average molecular weight is 405 g/mol. The van der Waals surface area contributed by atoms with Crippen LogP contribution in [0.4, 0.5) is 0 Å². The molecule has 4 heteroatoms. The van der Waals surface area contributed by atoms with Gasteiger partial charge in [0, 0.05) is 24.7 Å². The maximum atomic E-state index is 13.1. The molecular formula is C25H40O4. The molecule has 1 unspecified atom stereocenters. The topological polar surface area (TPSA) is 52.6 Å². The molecule has 1 aromatic rings. The maximum absolute atomic E-state index is 13.1. The molecule has 0 N–H and O–H groups in total. The Morgan fingerprint density at radius 1 is 1.00 bits per heavy atom. The molecule has 0 aliphatic heterocycles. The van der Waals surface area contributed by atoms with Crippen molar-refractivity contribution in [2.45, 2.75) is 85.7 Å². The van der Waals surface area contributed by atoms with Crippen LogP contribution in [0.25, 0.3) is 0 Å². The van der Waals surface area contributed by atoms with Gasteiger partial charge in [0.15, 0.2) is 5.78 Å². The lowest BCUT2D eigenvalue weighted by molar-refractivity contribution is -0.155. The van der Waals surface area contributed by atoms with E-state index in [9.17, 15) is 9.59 Å². The van der Waals surface area contributed by atoms with E-state index in [-0.39, 0.29) is 24.1 Å². The normalized spacial score (nSPS) is 12.8. The molecule has 0 heterocycles. The largest absolute Gasteiger partial charge is 0.460 e. The zero-order valence-electron chi connectivity index (χ0n) is 19.3. The summed E-state index contributed by atoms with van der Waals surface area (Å²) in [7, 11) is 0. The van der Waals surface area contributed by atoms with Crippen LogP contribution in [0, 0.1) is 11.8 Å². The molecule has 1 aromatic carbocycles. The summed E-state index contributed by atoms with van der Waals surface area (Å²) in [6.07, 6.45) is 4.63. The van der Waals surface area contributed by atoms with E-state index in [2.05, 4.69) is 20.8 Å². The summed E-state index contributed by atoms with van der Waals surface area (Å²) in [5.41, 5.74) is 1.34. The van der Waals surface area contributed by atoms with Crippen LogP contribution in [0.2, 0.25) is 0 Å². The van der Waals surface area contributed by atoms with Gasteiger partial charge in [0.05, 0.1) is 6.42 Å². The van der Waals surface area contributed by atoms with Crippen molar-refractivity contribution in [3.05, 3.63) is 35.4 Å². The van der Waals surface area contributed by atoms with Crippen LogP contribution >= 0.6 is 0 Å². The second-order valence-electron chi connectivity index (χ2n) is 9.25. The van der Waals surface area contributed by atoms with Gasteiger partial charge in [-0.25, -0.2) is 0 Å². The van der Waals surface area contributed by atoms with E-state index < -0.39 is 5.60 Å². The zero-order chi connectivity index (χ0) is 21.9. The van der Waals surface area contributed by atoms with E-state index >= 15 is 0 Å². The molecule has 4 nitrogen and oxygen atoms in total. The molecule has 0 aromatic heterocycles. The van der Waals surface area contributed by atoms with E-state index in [1.165, 1.54) is 5.56 Å². The lowest BCUT2D eigenvalue weighted by Crippen LogP contribution is -2.27. The van der Waals surface area contributed by atoms with Crippen molar-refractivity contribution in [2.75, 3.05) is 13.2 Å². The standard InChI is InChI=1S/C25H40O4/c1-7-8-15-28-16-9-10-22(18-23(26)29-25(4,5)6)24(27)21-13-11-20(12-14-21)17-19(2)3/h11-14,19,22H,7-10,15-18H2,1-6H3. The third-order valence-electron chi connectivity index (χ3n) is 4.57. The number of unbranched alkanes of at least 4 members (excludes halogenated alkanes) is 1. The summed E-state index contributed by atoms with van der Waals surface area (Å²) in [5, 5.41) is 0. The van der Waals surface area contributed by atoms with Crippen molar-refractivity contribution in [1.29, 1.82) is 0 Å². The van der Waals surface area contributed by atoms with Crippen LogP contribution in [0.1, 0.15) is 89.6 Å². The number of benzene rings is 1. The Labute approximate surface area is 177 Å². The van der Waals surface area contributed by atoms with E-state index in [4.69, 9.17) is 9.47 Å². The second-order valence-corrected chi connectivity index (χ2v) is 9.25. The molecule has 1 atom stereocenters. The number of carbonyl (C=O) groups is 2. The number of esters is 1. The highest BCUT2D eigenvalue weighted by Gasteiger charge is 2.26. The predicted octanol–water partition coefficient (Wildman–Crippen LogP) is 6.01. The predicted molar refractivity (Wildman–Crippen MR) is 118 cm³/mol. The number of hydrogen-bond acceptors (Lipinski definition) is 4. The third kappa shape index (κ3) is 11.2. The Morgan fingerprint density at radius 3 is 2.17 bits per heavy atom. The van der Waals surface area contributed by atoms with Gasteiger partial charge >= 0.3 is 5.97 Å². The second kappa shape index (κ2) is 12.8. The minimum atomic E-state index is -0.549. The summed E-state index contributed by atoms with van der Waals surface area (Å²) >= 11 is 0. The molecule has 0 bridgehead atoms. The van der Waals surface area contributed by atoms with Gasteiger partial charge in [0.1, 0.15) is 5.60 Å². The van der Waals surface area contributed by atoms with E-state index in [0.29, 0.717) is 24.5 Å². The van der Waals surface area contributed by atoms with Crippen LogP contribution in [0.3, 0.4) is 0 Å². The summed E-state index contributed by atoms with van der Waals surface area (Å²) < 4.78 is 11.1. The van der Waals surface area contributed by atoms with Crippen LogP contribution in [0.15, 0.2) is 24.3 Å². The smallest absolute Gasteiger partial charge is 0.307 e. The molecule has 0 aliphatic rings. The zero-order valence-corrected chi connectivity index (χ0v) is 19.3. The van der Waals surface area contributed by atoms with Gasteiger partial charge < -0.3 is 9.47 Å². The highest BCUT2D eigenvalue weighted by molar-refractivity contribution is 5.99. The van der Waals surface area contributed by atoms with Crippen molar-refractivity contribution in [3.8, 4) is 0 Å². The van der Waals surface area contributed by atoms with Crippen molar-refractivity contribution in [1.82, 2.24) is 0 Å². The molecule has 1 rings (SSSR count). The Hall–Kier alpha value is -1.68. The molecule has 0 aliphatic carbocycles. The number of rotatable bonds is 13. The van der Waals surface area contributed by atoms with Gasteiger partial charge in [0.2, 0.25) is 0 Å². The van der Waals surface area contributed by atoms with E-state index in [1.54, 1.807) is 0 Å². The summed E-state index contributed by atoms with van der Waals surface area (Å²) in [5.74, 6) is -0.112. The Morgan fingerprint density at radius 2 is 1.62 bits per heavy atom. The lowest BCUT2D eigenvalue weighted by Gasteiger charge is -2.22. The van der Waals surface area contributed by atoms with Crippen LogP contribution in [-0.4, -0.2) is 30.6 Å². The third-order valence-corrected chi connectivity index (χ3v) is 4.57. The maximum Gasteiger partial charge on any atom is 0.307 e. The Balaban J connectivity index is 2.76. The monoisotopic (exact) mass is 404 g/mol. The number of Topliss-reactive ketones (excluding diaryl/α,β-unsaturated/α-hetero) is 1. The molecule has 29 heavy (non-hydrogen) atoms. The van der Waals surface area contributed by atoms with Gasteiger partial charge in [-0.15, -0.1) is 0 Å². The lowest BCUT2D eigenvalue weighted by atomic mass is 9.89. The molecule has 0 spiro atoms. The van der Waals surface area contributed by atoms with Gasteiger partial charge in [-0.2, -0.15) is 0 Å². The van der Waals surface area contributed by atoms with Crippen LogP contribution < -0.4 is 0 Å². The SMILES string of the molecule is CCCCOCCCC(CC(=O)OC(C)(C)C)C(=O)c1ccc(CC(C)C)cc1. The number of carbonyl (C=O) groups excluding carboxylic acids is 2. The minimum absolute atomic E-state index is 0.0144. The van der Waals surface area contributed by atoms with Crippen molar-refractivity contribution in [2.24, 2.45) is 11.8 Å². The van der Waals surface area contributed by atoms with Gasteiger partial charge in [-0.1, -0.05) is 51.5 Å². The fourth-order valence-corrected chi connectivity index (χ4v) is 3.20. The quantitative estimate of drug-likeness (QED) is 0.229. The van der Waals surface area contributed by atoms with Crippen LogP contribution in [-0.2, 0) is 20.7 Å². The van der Waals surface area contributed by atoms with Crippen LogP contribution in [0.5, 0.6) is 0 Å². The molecule has 0 amide bonds. The molecule has 0 saturated carbocycles. The van der Waals surface area contributed by atoms with Crippen molar-refractivity contribution in [3.63, 3.8) is 0 Å². The average Bonchev–Trinajstić information content (AvgIpc) is 2.61. The first-order valence-electron chi connectivity index (χ1n) is 11.0. The Kier molecular flexibility index (Phi) is 11.2. The highest BCUT2D eigenvalue weighted by Crippen LogP contribution is 2.22. The van der Waals surface area contributed by atoms with Gasteiger partial charge in [0.25, 0.3) is 0 Å². The highest BCUT2D eigenvalue weighted by atomic mass is 16.6. The number of ketones is 1. The van der Waals surface area contributed by atoms with Crippen molar-refractivity contribution >= 4 is 11.8 Å². The Bertz CT molecular complexity index is 611. The van der Waals surface area contributed by atoms with Gasteiger partial charge in [-0.05, 0) is 57.9 Å². The molecule has 0 fully saturated rings. The number of ether oxygens (including phenoxy) is 2. The molecule has 0 saturated heterocycles.